The summed E-state index contributed by atoms with van der Waals surface area (Å²) in [4.78, 5) is 30.5. The first kappa shape index (κ1) is 41.2. The second kappa shape index (κ2) is 16.2. The van der Waals surface area contributed by atoms with E-state index < -0.39 is 41.3 Å². The van der Waals surface area contributed by atoms with Crippen molar-refractivity contribution in [3.05, 3.63) is 108 Å². The average molecular weight is 751 g/mol. The molecule has 2 saturated carbocycles. The SMILES string of the molecule is C[C@@H]1CC[C@@H](C(C)(C)c2ccccc2)[C@H](OC(=O)C(C(=O)O[C@@H]2C[C@H](C)CC[C@H]2C(C)(C)c2ccccc2)[C@@H](c2ccccc2)C2OC(C)(C)C(C)(C)O2)C1. The van der Waals surface area contributed by atoms with E-state index in [2.05, 4.69) is 90.1 Å². The lowest BCUT2D eigenvalue weighted by molar-refractivity contribution is -0.185. The van der Waals surface area contributed by atoms with Crippen LogP contribution < -0.4 is 0 Å². The highest BCUT2D eigenvalue weighted by atomic mass is 16.7. The Morgan fingerprint density at radius 1 is 0.600 bits per heavy atom. The van der Waals surface area contributed by atoms with E-state index in [1.165, 1.54) is 11.1 Å². The second-order valence-electron chi connectivity index (χ2n) is 19.2. The topological polar surface area (TPSA) is 71.1 Å². The highest BCUT2D eigenvalue weighted by Crippen LogP contribution is 2.49. The average Bonchev–Trinajstić information content (AvgIpc) is 3.36. The van der Waals surface area contributed by atoms with Gasteiger partial charge in [0.1, 0.15) is 12.2 Å². The Balaban J connectivity index is 1.40. The van der Waals surface area contributed by atoms with Gasteiger partial charge in [0.25, 0.3) is 0 Å². The Morgan fingerprint density at radius 2 is 0.964 bits per heavy atom. The highest BCUT2D eigenvalue weighted by molar-refractivity contribution is 5.96. The number of ether oxygens (including phenoxy) is 4. The third-order valence-electron chi connectivity index (χ3n) is 14.1. The number of esters is 2. The molecule has 3 aromatic rings. The van der Waals surface area contributed by atoms with Crippen molar-refractivity contribution in [2.24, 2.45) is 29.6 Å². The van der Waals surface area contributed by atoms with Gasteiger partial charge in [0.2, 0.25) is 0 Å². The maximum Gasteiger partial charge on any atom is 0.321 e. The lowest BCUT2D eigenvalue weighted by Gasteiger charge is -2.45. The molecule has 1 aliphatic heterocycles. The van der Waals surface area contributed by atoms with E-state index in [9.17, 15) is 0 Å². The van der Waals surface area contributed by atoms with Crippen LogP contribution in [0.2, 0.25) is 0 Å². The molecule has 3 aliphatic rings. The van der Waals surface area contributed by atoms with Crippen LogP contribution in [-0.4, -0.2) is 41.6 Å². The van der Waals surface area contributed by atoms with Gasteiger partial charge in [0.15, 0.2) is 12.2 Å². The van der Waals surface area contributed by atoms with Crippen molar-refractivity contribution in [2.75, 3.05) is 0 Å². The van der Waals surface area contributed by atoms with Crippen LogP contribution in [0.15, 0.2) is 91.0 Å². The first-order valence-corrected chi connectivity index (χ1v) is 20.8. The molecular formula is C49H66O6. The fourth-order valence-electron chi connectivity index (χ4n) is 9.78. The molecule has 0 aromatic heterocycles. The highest BCUT2D eigenvalue weighted by Gasteiger charge is 2.56. The quantitative estimate of drug-likeness (QED) is 0.144. The van der Waals surface area contributed by atoms with E-state index in [1.54, 1.807) is 0 Å². The standard InChI is InChI=1S/C49H66O6/c1-32-26-28-37(46(3,4)35-22-16-12-17-23-35)39(30-32)52-43(50)42(41(34-20-14-11-15-21-34)45-54-48(7,8)49(9,10)55-45)44(51)53-40-31-33(2)27-29-38(40)47(5,6)36-24-18-13-19-25-36/h11-25,32-33,37-42,45H,26-31H2,1-10H3/t32-,33-,37-,38-,39-,40-,41-/m1/s1. The molecule has 7 atom stereocenters. The van der Waals surface area contributed by atoms with Gasteiger partial charge < -0.3 is 18.9 Å². The summed E-state index contributed by atoms with van der Waals surface area (Å²) in [7, 11) is 0. The molecule has 0 N–H and O–H groups in total. The molecule has 6 rings (SSSR count). The zero-order chi connectivity index (χ0) is 39.8. The molecule has 6 nitrogen and oxygen atoms in total. The van der Waals surface area contributed by atoms with Gasteiger partial charge >= 0.3 is 11.9 Å². The molecule has 0 spiro atoms. The summed E-state index contributed by atoms with van der Waals surface area (Å²) < 4.78 is 26.9. The summed E-state index contributed by atoms with van der Waals surface area (Å²) in [5.74, 6) is -2.36. The van der Waals surface area contributed by atoms with E-state index in [0.29, 0.717) is 11.8 Å². The molecule has 1 saturated heterocycles. The van der Waals surface area contributed by atoms with Crippen LogP contribution in [0.1, 0.15) is 130 Å². The zero-order valence-corrected chi connectivity index (χ0v) is 35.0. The number of hydrogen-bond donors (Lipinski definition) is 0. The van der Waals surface area contributed by atoms with E-state index in [4.69, 9.17) is 18.9 Å². The van der Waals surface area contributed by atoms with Gasteiger partial charge in [0.05, 0.1) is 17.1 Å². The molecule has 298 valence electrons. The van der Waals surface area contributed by atoms with Gasteiger partial charge in [-0.1, -0.05) is 145 Å². The maximum absolute atomic E-state index is 15.2. The predicted octanol–water partition coefficient (Wildman–Crippen LogP) is 11.0. The molecule has 0 bridgehead atoms. The number of benzene rings is 3. The summed E-state index contributed by atoms with van der Waals surface area (Å²) in [6, 6.07) is 30.7. The van der Waals surface area contributed by atoms with Gasteiger partial charge in [-0.3, -0.25) is 9.59 Å². The maximum atomic E-state index is 15.2. The Labute approximate surface area is 331 Å². The van der Waals surface area contributed by atoms with Crippen LogP contribution in [0.5, 0.6) is 0 Å². The van der Waals surface area contributed by atoms with E-state index in [1.807, 2.05) is 70.2 Å². The van der Waals surface area contributed by atoms with Crippen LogP contribution in [0.3, 0.4) is 0 Å². The predicted molar refractivity (Wildman–Crippen MR) is 218 cm³/mol. The minimum Gasteiger partial charge on any atom is -0.461 e. The summed E-state index contributed by atoms with van der Waals surface area (Å²) in [5, 5.41) is 0. The number of hydrogen-bond acceptors (Lipinski definition) is 6. The Bertz CT molecular complexity index is 1630. The minimum atomic E-state index is -1.31. The molecule has 55 heavy (non-hydrogen) atoms. The van der Waals surface area contributed by atoms with Gasteiger partial charge in [-0.2, -0.15) is 0 Å². The Kier molecular flexibility index (Phi) is 12.1. The van der Waals surface area contributed by atoms with Crippen molar-refractivity contribution < 1.29 is 28.5 Å². The zero-order valence-electron chi connectivity index (χ0n) is 35.0. The second-order valence-corrected chi connectivity index (χ2v) is 19.2. The van der Waals surface area contributed by atoms with Gasteiger partial charge in [-0.15, -0.1) is 0 Å². The minimum absolute atomic E-state index is 0.0639. The van der Waals surface area contributed by atoms with E-state index in [0.717, 1.165) is 44.1 Å². The van der Waals surface area contributed by atoms with Crippen molar-refractivity contribution in [1.29, 1.82) is 0 Å². The van der Waals surface area contributed by atoms with Crippen LogP contribution in [0, 0.1) is 29.6 Å². The summed E-state index contributed by atoms with van der Waals surface area (Å²) in [6.45, 7) is 21.5. The first-order valence-electron chi connectivity index (χ1n) is 20.8. The van der Waals surface area contributed by atoms with Gasteiger partial charge in [0, 0.05) is 11.8 Å². The van der Waals surface area contributed by atoms with E-state index in [-0.39, 0.29) is 34.9 Å². The lowest BCUT2D eigenvalue weighted by atomic mass is 9.64. The van der Waals surface area contributed by atoms with Crippen molar-refractivity contribution in [1.82, 2.24) is 0 Å². The van der Waals surface area contributed by atoms with Crippen LogP contribution in [0.25, 0.3) is 0 Å². The van der Waals surface area contributed by atoms with Crippen molar-refractivity contribution in [3.63, 3.8) is 0 Å². The normalized spacial score (nSPS) is 27.7. The monoisotopic (exact) mass is 750 g/mol. The number of carbonyl (C=O) groups is 2. The molecule has 2 aliphatic carbocycles. The summed E-state index contributed by atoms with van der Waals surface area (Å²) >= 11 is 0. The van der Waals surface area contributed by atoms with E-state index >= 15 is 9.59 Å². The molecule has 0 amide bonds. The van der Waals surface area contributed by atoms with Gasteiger partial charge in [-0.05, 0) is 92.7 Å². The smallest absolute Gasteiger partial charge is 0.321 e. The number of carbonyl (C=O) groups excluding carboxylic acids is 2. The molecule has 1 heterocycles. The van der Waals surface area contributed by atoms with Crippen LogP contribution in [0.4, 0.5) is 0 Å². The van der Waals surface area contributed by atoms with Crippen molar-refractivity contribution in [2.45, 2.75) is 154 Å². The van der Waals surface area contributed by atoms with Crippen LogP contribution in [-0.2, 0) is 39.4 Å². The third kappa shape index (κ3) is 8.61. The number of rotatable bonds is 11. The van der Waals surface area contributed by atoms with Crippen molar-refractivity contribution in [3.8, 4) is 0 Å². The summed E-state index contributed by atoms with van der Waals surface area (Å²) in [6.07, 6.45) is 3.77. The fourth-order valence-corrected chi connectivity index (χ4v) is 9.78. The Morgan fingerprint density at radius 3 is 1.35 bits per heavy atom. The third-order valence-corrected chi connectivity index (χ3v) is 14.1. The Hall–Kier alpha value is -3.48. The van der Waals surface area contributed by atoms with Crippen molar-refractivity contribution >= 4 is 11.9 Å². The largest absolute Gasteiger partial charge is 0.461 e. The molecule has 0 radical (unpaired) electrons. The first-order chi connectivity index (χ1) is 25.9. The summed E-state index contributed by atoms with van der Waals surface area (Å²) in [5.41, 5.74) is 1.31. The van der Waals surface area contributed by atoms with Gasteiger partial charge in [-0.25, -0.2) is 0 Å². The molecule has 6 heteroatoms. The lowest BCUT2D eigenvalue weighted by Crippen LogP contribution is -2.48. The van der Waals surface area contributed by atoms with Crippen LogP contribution >= 0.6 is 0 Å². The molecular weight excluding hydrogens is 685 g/mol. The molecule has 3 fully saturated rings. The molecule has 3 aromatic carbocycles. The fraction of sp³-hybridized carbons (Fsp3) is 0.592. The molecule has 0 unspecified atom stereocenters.